The number of nitrogens with one attached hydrogen (secondary N) is 1. The molecule has 0 heterocycles. The molecule has 1 aliphatic rings. The first-order chi connectivity index (χ1) is 11.4. The SMILES string of the molecule is CCN(CC)S(=O)(=O)c1cccc(C(=O)N[C@H]2CCCC[C@@H]2C)c1. The summed E-state index contributed by atoms with van der Waals surface area (Å²) < 4.78 is 26.6. The Balaban J connectivity index is 2.19. The Labute approximate surface area is 145 Å². The molecule has 0 radical (unpaired) electrons. The monoisotopic (exact) mass is 352 g/mol. The number of nitrogens with zero attached hydrogens (tertiary/aromatic N) is 1. The molecule has 6 heteroatoms. The van der Waals surface area contributed by atoms with E-state index in [9.17, 15) is 13.2 Å². The van der Waals surface area contributed by atoms with Crippen molar-refractivity contribution in [2.45, 2.75) is 57.4 Å². The van der Waals surface area contributed by atoms with Crippen LogP contribution in [0.4, 0.5) is 0 Å². The van der Waals surface area contributed by atoms with Gasteiger partial charge in [-0.25, -0.2) is 8.42 Å². The number of hydrogen-bond acceptors (Lipinski definition) is 3. The Morgan fingerprint density at radius 1 is 1.21 bits per heavy atom. The van der Waals surface area contributed by atoms with Crippen molar-refractivity contribution in [2.75, 3.05) is 13.1 Å². The zero-order valence-corrected chi connectivity index (χ0v) is 15.6. The van der Waals surface area contributed by atoms with Crippen molar-refractivity contribution in [1.29, 1.82) is 0 Å². The second-order valence-electron chi connectivity index (χ2n) is 6.46. The Bertz CT molecular complexity index is 669. The van der Waals surface area contributed by atoms with Crippen molar-refractivity contribution in [2.24, 2.45) is 5.92 Å². The molecule has 5 nitrogen and oxygen atoms in total. The van der Waals surface area contributed by atoms with Crippen molar-refractivity contribution in [3.63, 3.8) is 0 Å². The van der Waals surface area contributed by atoms with Gasteiger partial charge >= 0.3 is 0 Å². The molecule has 1 amide bonds. The number of carbonyl (C=O) groups is 1. The van der Waals surface area contributed by atoms with Crippen LogP contribution in [0.3, 0.4) is 0 Å². The second-order valence-corrected chi connectivity index (χ2v) is 8.40. The van der Waals surface area contributed by atoms with Crippen LogP contribution in [-0.2, 0) is 10.0 Å². The van der Waals surface area contributed by atoms with E-state index in [4.69, 9.17) is 0 Å². The fraction of sp³-hybridized carbons (Fsp3) is 0.611. The average Bonchev–Trinajstić information content (AvgIpc) is 2.58. The topological polar surface area (TPSA) is 66.5 Å². The minimum atomic E-state index is -3.55. The highest BCUT2D eigenvalue weighted by Crippen LogP contribution is 2.24. The number of hydrogen-bond donors (Lipinski definition) is 1. The van der Waals surface area contributed by atoms with Gasteiger partial charge in [0.05, 0.1) is 4.90 Å². The minimum Gasteiger partial charge on any atom is -0.349 e. The molecule has 134 valence electrons. The van der Waals surface area contributed by atoms with Gasteiger partial charge in [-0.3, -0.25) is 4.79 Å². The maximum absolute atomic E-state index is 12.6. The third kappa shape index (κ3) is 4.16. The van der Waals surface area contributed by atoms with E-state index in [2.05, 4.69) is 12.2 Å². The zero-order chi connectivity index (χ0) is 17.7. The third-order valence-corrected chi connectivity index (χ3v) is 6.91. The molecule has 1 N–H and O–H groups in total. The van der Waals surface area contributed by atoms with Crippen LogP contribution < -0.4 is 5.32 Å². The first-order valence-corrected chi connectivity index (χ1v) is 10.2. The lowest BCUT2D eigenvalue weighted by Gasteiger charge is -2.29. The number of carbonyl (C=O) groups excluding carboxylic acids is 1. The minimum absolute atomic E-state index is 0.175. The van der Waals surface area contributed by atoms with Crippen molar-refractivity contribution in [3.8, 4) is 0 Å². The van der Waals surface area contributed by atoms with E-state index < -0.39 is 10.0 Å². The highest BCUT2D eigenvalue weighted by molar-refractivity contribution is 7.89. The second kappa shape index (κ2) is 8.12. The molecule has 1 fully saturated rings. The molecule has 0 unspecified atom stereocenters. The first-order valence-electron chi connectivity index (χ1n) is 8.81. The number of rotatable bonds is 6. The van der Waals surface area contributed by atoms with Crippen LogP contribution in [0.2, 0.25) is 0 Å². The molecule has 0 bridgehead atoms. The molecule has 1 aliphatic carbocycles. The van der Waals surface area contributed by atoms with Crippen LogP contribution in [0, 0.1) is 5.92 Å². The molecule has 0 saturated heterocycles. The first kappa shape index (κ1) is 18.9. The van der Waals surface area contributed by atoms with Gasteiger partial charge in [0.25, 0.3) is 5.91 Å². The fourth-order valence-corrected chi connectivity index (χ4v) is 4.80. The van der Waals surface area contributed by atoms with Gasteiger partial charge in [0.1, 0.15) is 0 Å². The predicted octanol–water partition coefficient (Wildman–Crippen LogP) is 3.03. The van der Waals surface area contributed by atoms with E-state index in [0.717, 1.165) is 19.3 Å². The van der Waals surface area contributed by atoms with Gasteiger partial charge in [0.2, 0.25) is 10.0 Å². The summed E-state index contributed by atoms with van der Waals surface area (Å²) in [6, 6.07) is 6.51. The molecule has 1 aromatic carbocycles. The summed E-state index contributed by atoms with van der Waals surface area (Å²) in [5.74, 6) is 0.274. The van der Waals surface area contributed by atoms with E-state index in [0.29, 0.717) is 24.6 Å². The van der Waals surface area contributed by atoms with E-state index in [1.54, 1.807) is 18.2 Å². The van der Waals surface area contributed by atoms with Gasteiger partial charge in [-0.05, 0) is 37.0 Å². The summed E-state index contributed by atoms with van der Waals surface area (Å²) in [6.45, 7) is 6.60. The molecular weight excluding hydrogens is 324 g/mol. The molecule has 2 atom stereocenters. The lowest BCUT2D eigenvalue weighted by molar-refractivity contribution is 0.0910. The zero-order valence-electron chi connectivity index (χ0n) is 14.8. The molecule has 1 saturated carbocycles. The van der Waals surface area contributed by atoms with Crippen molar-refractivity contribution in [3.05, 3.63) is 29.8 Å². The molecule has 0 aliphatic heterocycles. The van der Waals surface area contributed by atoms with E-state index in [1.807, 2.05) is 13.8 Å². The molecular formula is C18H28N2O3S. The van der Waals surface area contributed by atoms with Crippen molar-refractivity contribution < 1.29 is 13.2 Å². The van der Waals surface area contributed by atoms with Crippen LogP contribution in [0.25, 0.3) is 0 Å². The normalized spacial score (nSPS) is 21.7. The molecule has 0 aromatic heterocycles. The van der Waals surface area contributed by atoms with Crippen LogP contribution >= 0.6 is 0 Å². The van der Waals surface area contributed by atoms with Gasteiger partial charge in [-0.1, -0.05) is 39.7 Å². The largest absolute Gasteiger partial charge is 0.349 e. The highest BCUT2D eigenvalue weighted by atomic mass is 32.2. The van der Waals surface area contributed by atoms with Crippen molar-refractivity contribution >= 4 is 15.9 Å². The average molecular weight is 353 g/mol. The number of amides is 1. The smallest absolute Gasteiger partial charge is 0.251 e. The lowest BCUT2D eigenvalue weighted by Crippen LogP contribution is -2.41. The third-order valence-electron chi connectivity index (χ3n) is 4.87. The molecule has 1 aromatic rings. The summed E-state index contributed by atoms with van der Waals surface area (Å²) in [4.78, 5) is 12.7. The predicted molar refractivity (Wildman–Crippen MR) is 95.4 cm³/mol. The summed E-state index contributed by atoms with van der Waals surface area (Å²) in [5.41, 5.74) is 0.404. The standard InChI is InChI=1S/C18H28N2O3S/c1-4-20(5-2)24(22,23)16-11-8-10-15(13-16)18(21)19-17-12-7-6-9-14(17)3/h8,10-11,13-14,17H,4-7,9,12H2,1-3H3,(H,19,21)/t14-,17-/m0/s1. The molecule has 0 spiro atoms. The Morgan fingerprint density at radius 2 is 1.88 bits per heavy atom. The van der Waals surface area contributed by atoms with Gasteiger partial charge in [-0.2, -0.15) is 4.31 Å². The van der Waals surface area contributed by atoms with Crippen molar-refractivity contribution in [1.82, 2.24) is 9.62 Å². The summed E-state index contributed by atoms with van der Waals surface area (Å²) in [6.07, 6.45) is 4.46. The maximum Gasteiger partial charge on any atom is 0.251 e. The van der Waals surface area contributed by atoms with E-state index in [1.165, 1.54) is 16.8 Å². The van der Waals surface area contributed by atoms with Crippen LogP contribution in [0.5, 0.6) is 0 Å². The van der Waals surface area contributed by atoms with Gasteiger partial charge < -0.3 is 5.32 Å². The lowest BCUT2D eigenvalue weighted by atomic mass is 9.86. The Morgan fingerprint density at radius 3 is 2.50 bits per heavy atom. The Kier molecular flexibility index (Phi) is 6.40. The quantitative estimate of drug-likeness (QED) is 0.856. The van der Waals surface area contributed by atoms with E-state index >= 15 is 0 Å². The Hall–Kier alpha value is -1.40. The summed E-state index contributed by atoms with van der Waals surface area (Å²) >= 11 is 0. The fourth-order valence-electron chi connectivity index (χ4n) is 3.29. The maximum atomic E-state index is 12.6. The van der Waals surface area contributed by atoms with Gasteiger partial charge in [0.15, 0.2) is 0 Å². The van der Waals surface area contributed by atoms with Crippen LogP contribution in [0.15, 0.2) is 29.2 Å². The molecule has 2 rings (SSSR count). The highest BCUT2D eigenvalue weighted by Gasteiger charge is 2.25. The summed E-state index contributed by atoms with van der Waals surface area (Å²) in [7, 11) is -3.55. The summed E-state index contributed by atoms with van der Waals surface area (Å²) in [5, 5.41) is 3.07. The number of benzene rings is 1. The van der Waals surface area contributed by atoms with Gasteiger partial charge in [-0.15, -0.1) is 0 Å². The van der Waals surface area contributed by atoms with E-state index in [-0.39, 0.29) is 16.8 Å². The van der Waals surface area contributed by atoms with Crippen LogP contribution in [-0.4, -0.2) is 37.8 Å². The van der Waals surface area contributed by atoms with Gasteiger partial charge in [0, 0.05) is 24.7 Å². The van der Waals surface area contributed by atoms with Crippen LogP contribution in [0.1, 0.15) is 56.8 Å². The molecule has 24 heavy (non-hydrogen) atoms. The number of sulfonamides is 1.